The van der Waals surface area contributed by atoms with Gasteiger partial charge in [0.25, 0.3) is 0 Å². The molecule has 0 atom stereocenters. The first-order valence-electron chi connectivity index (χ1n) is 11.9. The van der Waals surface area contributed by atoms with Gasteiger partial charge in [0.2, 0.25) is 0 Å². The first-order chi connectivity index (χ1) is 17.2. The van der Waals surface area contributed by atoms with E-state index in [-0.39, 0.29) is 5.69 Å². The van der Waals surface area contributed by atoms with Crippen molar-refractivity contribution >= 4 is 33.7 Å². The van der Waals surface area contributed by atoms with E-state index in [1.807, 2.05) is 60.7 Å². The van der Waals surface area contributed by atoms with Crippen LogP contribution in [0.4, 0.5) is 0 Å². The van der Waals surface area contributed by atoms with Gasteiger partial charge in [-0.15, -0.1) is 0 Å². The Morgan fingerprint density at radius 1 is 0.886 bits per heavy atom. The Kier molecular flexibility index (Phi) is 6.62. The summed E-state index contributed by atoms with van der Waals surface area (Å²) in [6, 6.07) is 30.5. The highest BCUT2D eigenvalue weighted by atomic mass is 16.5. The Balaban J connectivity index is 1.28. The fraction of sp³-hybridized carbons (Fsp3) is 0.129. The van der Waals surface area contributed by atoms with E-state index in [1.54, 1.807) is 0 Å². The van der Waals surface area contributed by atoms with Gasteiger partial charge in [-0.25, -0.2) is 4.79 Å². The zero-order chi connectivity index (χ0) is 24.0. The topological polar surface area (TPSA) is 62.3 Å². The van der Waals surface area contributed by atoms with Gasteiger partial charge in [0.15, 0.2) is 0 Å². The summed E-state index contributed by atoms with van der Waals surface area (Å²) in [4.78, 5) is 15.1. The smallest absolute Gasteiger partial charge is 0.352 e. The molecule has 2 N–H and O–H groups in total. The number of allylic oxidation sites excluding steroid dienone is 1. The summed E-state index contributed by atoms with van der Waals surface area (Å²) in [5.41, 5.74) is 4.22. The summed E-state index contributed by atoms with van der Waals surface area (Å²) in [6.45, 7) is 0.514. The zero-order valence-corrected chi connectivity index (χ0v) is 19.4. The van der Waals surface area contributed by atoms with Crippen LogP contribution in [0, 0.1) is 0 Å². The molecule has 0 unspecified atom stereocenters. The fourth-order valence-corrected chi connectivity index (χ4v) is 4.52. The lowest BCUT2D eigenvalue weighted by Gasteiger charge is -2.09. The van der Waals surface area contributed by atoms with E-state index in [9.17, 15) is 9.90 Å². The highest BCUT2D eigenvalue weighted by Gasteiger charge is 2.17. The van der Waals surface area contributed by atoms with E-state index in [1.165, 1.54) is 5.56 Å². The molecular weight excluding hydrogens is 434 g/mol. The molecular formula is C31H27NO3. The first kappa shape index (κ1) is 22.5. The van der Waals surface area contributed by atoms with Crippen molar-refractivity contribution in [2.24, 2.45) is 0 Å². The van der Waals surface area contributed by atoms with E-state index >= 15 is 0 Å². The molecule has 0 aliphatic rings. The second-order valence-corrected chi connectivity index (χ2v) is 8.61. The number of benzene rings is 4. The number of aromatic carboxylic acids is 1. The maximum atomic E-state index is 11.9. The molecule has 0 radical (unpaired) electrons. The highest BCUT2D eigenvalue weighted by Crippen LogP contribution is 2.27. The van der Waals surface area contributed by atoms with Crippen molar-refractivity contribution in [2.75, 3.05) is 6.61 Å². The number of hydrogen-bond donors (Lipinski definition) is 2. The molecule has 1 heterocycles. The minimum Gasteiger partial charge on any atom is -0.493 e. The minimum atomic E-state index is -0.938. The van der Waals surface area contributed by atoms with Crippen molar-refractivity contribution in [3.63, 3.8) is 0 Å². The Bertz CT molecular complexity index is 1490. The molecule has 0 amide bonds. The van der Waals surface area contributed by atoms with E-state index in [2.05, 4.69) is 47.5 Å². The number of fused-ring (bicyclic) bond motifs is 2. The van der Waals surface area contributed by atoms with Crippen molar-refractivity contribution < 1.29 is 14.6 Å². The van der Waals surface area contributed by atoms with Crippen LogP contribution >= 0.6 is 0 Å². The number of carbonyl (C=O) groups is 1. The van der Waals surface area contributed by atoms with Crippen molar-refractivity contribution in [3.05, 3.63) is 119 Å². The van der Waals surface area contributed by atoms with Gasteiger partial charge in [0.05, 0.1) is 6.61 Å². The summed E-state index contributed by atoms with van der Waals surface area (Å²) in [6.07, 6.45) is 6.39. The lowest BCUT2D eigenvalue weighted by Crippen LogP contribution is -2.04. The molecule has 0 saturated heterocycles. The Hall–Kier alpha value is -4.31. The van der Waals surface area contributed by atoms with Gasteiger partial charge in [-0.05, 0) is 53.5 Å². The monoisotopic (exact) mass is 461 g/mol. The second-order valence-electron chi connectivity index (χ2n) is 8.61. The van der Waals surface area contributed by atoms with Crippen LogP contribution in [0.5, 0.6) is 5.75 Å². The SMILES string of the molecule is O=C(O)c1[nH]c2cc(/C=C/Cc3ccccc3)ccc2c1CCCOc1cccc2ccccc12. The highest BCUT2D eigenvalue weighted by molar-refractivity contribution is 5.98. The number of rotatable bonds is 9. The van der Waals surface area contributed by atoms with E-state index in [0.717, 1.165) is 51.4 Å². The molecule has 1 aromatic heterocycles. The second kappa shape index (κ2) is 10.3. The van der Waals surface area contributed by atoms with Crippen LogP contribution in [-0.2, 0) is 12.8 Å². The molecule has 4 nitrogen and oxygen atoms in total. The third-order valence-electron chi connectivity index (χ3n) is 6.23. The molecule has 0 fully saturated rings. The van der Waals surface area contributed by atoms with Crippen LogP contribution < -0.4 is 4.74 Å². The average Bonchev–Trinajstić information content (AvgIpc) is 3.25. The Morgan fingerprint density at radius 3 is 2.54 bits per heavy atom. The number of ether oxygens (including phenoxy) is 1. The molecule has 5 aromatic rings. The third kappa shape index (κ3) is 5.12. The summed E-state index contributed by atoms with van der Waals surface area (Å²) in [5, 5.41) is 13.0. The van der Waals surface area contributed by atoms with Gasteiger partial charge in [-0.3, -0.25) is 0 Å². The van der Waals surface area contributed by atoms with Gasteiger partial charge >= 0.3 is 5.97 Å². The van der Waals surface area contributed by atoms with Crippen molar-refractivity contribution in [1.29, 1.82) is 0 Å². The Labute approximate surface area is 204 Å². The van der Waals surface area contributed by atoms with Crippen molar-refractivity contribution in [1.82, 2.24) is 4.98 Å². The summed E-state index contributed by atoms with van der Waals surface area (Å²) >= 11 is 0. The summed E-state index contributed by atoms with van der Waals surface area (Å²) < 4.78 is 6.06. The third-order valence-corrected chi connectivity index (χ3v) is 6.23. The van der Waals surface area contributed by atoms with Crippen LogP contribution in [-0.4, -0.2) is 22.7 Å². The van der Waals surface area contributed by atoms with Gasteiger partial charge in [0.1, 0.15) is 11.4 Å². The van der Waals surface area contributed by atoms with Crippen LogP contribution in [0.2, 0.25) is 0 Å². The van der Waals surface area contributed by atoms with Crippen LogP contribution in [0.25, 0.3) is 27.8 Å². The maximum absolute atomic E-state index is 11.9. The van der Waals surface area contributed by atoms with E-state index in [4.69, 9.17) is 4.74 Å². The van der Waals surface area contributed by atoms with Gasteiger partial charge in [-0.2, -0.15) is 0 Å². The molecule has 4 aromatic carbocycles. The van der Waals surface area contributed by atoms with Crippen LogP contribution in [0.1, 0.15) is 33.6 Å². The Morgan fingerprint density at radius 2 is 1.69 bits per heavy atom. The van der Waals surface area contributed by atoms with Crippen molar-refractivity contribution in [2.45, 2.75) is 19.3 Å². The number of H-pyrrole nitrogens is 1. The van der Waals surface area contributed by atoms with Crippen LogP contribution in [0.3, 0.4) is 0 Å². The first-order valence-corrected chi connectivity index (χ1v) is 11.9. The molecule has 4 heteroatoms. The van der Waals surface area contributed by atoms with Gasteiger partial charge < -0.3 is 14.8 Å². The predicted octanol–water partition coefficient (Wildman–Crippen LogP) is 7.29. The quantitative estimate of drug-likeness (QED) is 0.227. The number of aryl methyl sites for hydroxylation is 1. The average molecular weight is 462 g/mol. The fourth-order valence-electron chi connectivity index (χ4n) is 4.52. The zero-order valence-electron chi connectivity index (χ0n) is 19.4. The molecule has 5 rings (SSSR count). The van der Waals surface area contributed by atoms with E-state index < -0.39 is 5.97 Å². The molecule has 0 spiro atoms. The normalized spacial score (nSPS) is 11.4. The lowest BCUT2D eigenvalue weighted by molar-refractivity contribution is 0.0690. The number of nitrogens with one attached hydrogen (secondary N) is 1. The number of carboxylic acid groups (broad SMARTS) is 1. The van der Waals surface area contributed by atoms with E-state index in [0.29, 0.717) is 13.0 Å². The molecule has 0 aliphatic heterocycles. The van der Waals surface area contributed by atoms with Gasteiger partial charge in [-0.1, -0.05) is 91.0 Å². The number of aromatic amines is 1. The van der Waals surface area contributed by atoms with Crippen LogP contribution in [0.15, 0.2) is 97.1 Å². The summed E-state index contributed by atoms with van der Waals surface area (Å²) in [5.74, 6) is -0.0836. The number of carboxylic acids is 1. The minimum absolute atomic E-state index is 0.260. The maximum Gasteiger partial charge on any atom is 0.352 e. The molecule has 0 bridgehead atoms. The summed E-state index contributed by atoms with van der Waals surface area (Å²) in [7, 11) is 0. The largest absolute Gasteiger partial charge is 0.493 e. The van der Waals surface area contributed by atoms with Crippen molar-refractivity contribution in [3.8, 4) is 5.75 Å². The molecule has 0 saturated carbocycles. The van der Waals surface area contributed by atoms with Gasteiger partial charge in [0, 0.05) is 16.3 Å². The number of aromatic nitrogens is 1. The standard InChI is InChI=1S/C31H27NO3/c33-31(34)30-27(16-8-20-35-29-17-7-14-24-13-4-5-15-25(24)29)26-19-18-23(21-28(26)32-30)12-6-11-22-9-2-1-3-10-22/h1-7,9-10,12-15,17-19,21,32H,8,11,16,20H2,(H,33,34)/b12-6+. The molecule has 0 aliphatic carbocycles. The molecule has 174 valence electrons. The lowest BCUT2D eigenvalue weighted by atomic mass is 10.0. The molecule has 35 heavy (non-hydrogen) atoms. The predicted molar refractivity (Wildman–Crippen MR) is 142 cm³/mol. The number of hydrogen-bond acceptors (Lipinski definition) is 2.